The molecular formula is C42H68O14. The Kier molecular flexibility index (Phi) is 11.0. The monoisotopic (exact) mass is 796 g/mol. The molecule has 7 aliphatic rings. The number of aliphatic hydroxyl groups excluding tert-OH is 9. The van der Waals surface area contributed by atoms with Gasteiger partial charge in [0.15, 0.2) is 12.4 Å². The van der Waals surface area contributed by atoms with Gasteiger partial charge in [-0.15, -0.1) is 0 Å². The van der Waals surface area contributed by atoms with Crippen LogP contribution in [0, 0.1) is 50.2 Å². The molecule has 14 nitrogen and oxygen atoms in total. The predicted molar refractivity (Wildman–Crippen MR) is 199 cm³/mol. The van der Waals surface area contributed by atoms with Crippen LogP contribution >= 0.6 is 0 Å². The fourth-order valence-electron chi connectivity index (χ4n) is 13.6. The van der Waals surface area contributed by atoms with Gasteiger partial charge in [-0.25, -0.2) is 0 Å². The van der Waals surface area contributed by atoms with Gasteiger partial charge < -0.3 is 64.9 Å². The molecule has 0 bridgehead atoms. The Balaban J connectivity index is 1.21. The number of carbonyl (C=O) groups is 1. The quantitative estimate of drug-likeness (QED) is 0.136. The highest BCUT2D eigenvalue weighted by Crippen LogP contribution is 2.76. The van der Waals surface area contributed by atoms with E-state index in [-0.39, 0.29) is 39.4 Å². The van der Waals surface area contributed by atoms with E-state index in [1.807, 2.05) is 0 Å². The van der Waals surface area contributed by atoms with Crippen LogP contribution in [0.2, 0.25) is 0 Å². The zero-order valence-electron chi connectivity index (χ0n) is 34.1. The molecule has 56 heavy (non-hydrogen) atoms. The second kappa shape index (κ2) is 14.4. The summed E-state index contributed by atoms with van der Waals surface area (Å²) in [6.07, 6.45) is -9.19. The van der Waals surface area contributed by atoms with Gasteiger partial charge in [-0.3, -0.25) is 4.79 Å². The number of allylic oxidation sites excluding steroid dienone is 2. The van der Waals surface area contributed by atoms with E-state index in [1.54, 1.807) is 0 Å². The molecule has 19 atom stereocenters. The molecule has 320 valence electrons. The van der Waals surface area contributed by atoms with Crippen LogP contribution in [-0.2, 0) is 23.7 Å². The highest BCUT2D eigenvalue weighted by atomic mass is 16.8. The third-order valence-electron chi connectivity index (χ3n) is 17.2. The fraction of sp³-hybridized carbons (Fsp3) is 0.929. The number of hydrogen-bond acceptors (Lipinski definition) is 14. The van der Waals surface area contributed by atoms with Gasteiger partial charge in [0.2, 0.25) is 6.29 Å². The number of rotatable bonds is 6. The summed E-state index contributed by atoms with van der Waals surface area (Å²) < 4.78 is 23.6. The lowest BCUT2D eigenvalue weighted by Crippen LogP contribution is -2.67. The first-order valence-electron chi connectivity index (χ1n) is 20.9. The van der Waals surface area contributed by atoms with Crippen molar-refractivity contribution < 1.29 is 69.7 Å². The van der Waals surface area contributed by atoms with E-state index in [9.17, 15) is 46.0 Å². The standard InChI is InChI=1S/C42H68O14/c1-37(2)12-14-42(36(52)56-35-32(30(49)28(47)24(19-44)54-35)55-34-31(50)29(48)27(46)23(18-43)53-34)15-13-40(6)20(21(42)16-37)8-9-26-39(5)17-22(45)33(51)38(3,4)25(39)10-11-41(26,40)7/h8,21-35,43-51H,9-19H2,1-7H3. The van der Waals surface area contributed by atoms with Crippen molar-refractivity contribution in [1.29, 1.82) is 0 Å². The predicted octanol–water partition coefficient (Wildman–Crippen LogP) is 1.29. The van der Waals surface area contributed by atoms with Crippen LogP contribution < -0.4 is 0 Å². The van der Waals surface area contributed by atoms with E-state index in [0.29, 0.717) is 25.7 Å². The maximum absolute atomic E-state index is 15.0. The minimum absolute atomic E-state index is 0.0824. The van der Waals surface area contributed by atoms with Crippen molar-refractivity contribution in [2.75, 3.05) is 13.2 Å². The highest BCUT2D eigenvalue weighted by molar-refractivity contribution is 5.79. The fourth-order valence-corrected chi connectivity index (χ4v) is 13.6. The molecular weight excluding hydrogens is 728 g/mol. The zero-order chi connectivity index (χ0) is 41.1. The minimum atomic E-state index is -1.84. The maximum Gasteiger partial charge on any atom is 0.315 e. The molecule has 0 amide bonds. The van der Waals surface area contributed by atoms with E-state index < -0.39 is 104 Å². The number of hydrogen-bond donors (Lipinski definition) is 9. The minimum Gasteiger partial charge on any atom is -0.432 e. The second-order valence-corrected chi connectivity index (χ2v) is 20.8. The van der Waals surface area contributed by atoms with Crippen molar-refractivity contribution in [2.24, 2.45) is 50.2 Å². The maximum atomic E-state index is 15.0. The first kappa shape index (κ1) is 42.8. The van der Waals surface area contributed by atoms with E-state index in [2.05, 4.69) is 54.5 Å². The van der Waals surface area contributed by atoms with Crippen LogP contribution in [0.1, 0.15) is 106 Å². The summed E-state index contributed by atoms with van der Waals surface area (Å²) >= 11 is 0. The van der Waals surface area contributed by atoms with Gasteiger partial charge in [-0.1, -0.05) is 60.1 Å². The van der Waals surface area contributed by atoms with Crippen LogP contribution in [0.25, 0.3) is 0 Å². The van der Waals surface area contributed by atoms with Gasteiger partial charge >= 0.3 is 5.97 Å². The molecule has 0 aromatic rings. The first-order valence-corrected chi connectivity index (χ1v) is 20.9. The topological polar surface area (TPSA) is 236 Å². The Bertz CT molecular complexity index is 1520. The third kappa shape index (κ3) is 6.21. The van der Waals surface area contributed by atoms with Crippen molar-refractivity contribution >= 4 is 5.97 Å². The van der Waals surface area contributed by atoms with Gasteiger partial charge in [-0.05, 0) is 103 Å². The summed E-state index contributed by atoms with van der Waals surface area (Å²) in [5, 5.41) is 95.7. The van der Waals surface area contributed by atoms with Crippen molar-refractivity contribution in [3.8, 4) is 0 Å². The normalized spacial score (nSPS) is 53.7. The average Bonchev–Trinajstić information content (AvgIpc) is 3.13. The van der Waals surface area contributed by atoms with Crippen LogP contribution in [-0.4, -0.2) is 139 Å². The molecule has 14 heteroatoms. The van der Waals surface area contributed by atoms with Gasteiger partial charge in [-0.2, -0.15) is 0 Å². The Hall–Kier alpha value is -1.27. The van der Waals surface area contributed by atoms with Crippen molar-refractivity contribution in [3.63, 3.8) is 0 Å². The molecule has 5 aliphatic carbocycles. The van der Waals surface area contributed by atoms with Crippen molar-refractivity contribution in [3.05, 3.63) is 11.6 Å². The number of ether oxygens (including phenoxy) is 4. The number of esters is 1. The Morgan fingerprint density at radius 2 is 1.34 bits per heavy atom. The van der Waals surface area contributed by atoms with Gasteiger partial charge in [0.1, 0.15) is 42.7 Å². The SMILES string of the molecule is CC1(C)CCC2(C(=O)OC3OC(CO)C(O)C(O)C3OC3OC(CO)C(O)C(O)C3O)CCC3(C)C(=CCC4C5(C)CC(O)C(O)C(C)(C)C5CCC43C)C2C1. The lowest BCUT2D eigenvalue weighted by molar-refractivity contribution is -0.363. The van der Waals surface area contributed by atoms with Crippen molar-refractivity contribution in [2.45, 2.75) is 180 Å². The van der Waals surface area contributed by atoms with E-state index in [1.165, 1.54) is 5.57 Å². The summed E-state index contributed by atoms with van der Waals surface area (Å²) in [7, 11) is 0. The summed E-state index contributed by atoms with van der Waals surface area (Å²) in [5.41, 5.74) is -0.859. The smallest absolute Gasteiger partial charge is 0.315 e. The van der Waals surface area contributed by atoms with E-state index in [0.717, 1.165) is 32.1 Å². The molecule has 2 saturated heterocycles. The Labute approximate surface area is 330 Å². The average molecular weight is 797 g/mol. The van der Waals surface area contributed by atoms with Crippen LogP contribution in [0.3, 0.4) is 0 Å². The molecule has 7 rings (SSSR count). The molecule has 2 heterocycles. The molecule has 9 N–H and O–H groups in total. The highest BCUT2D eigenvalue weighted by Gasteiger charge is 2.70. The second-order valence-electron chi connectivity index (χ2n) is 20.8. The third-order valence-corrected chi connectivity index (χ3v) is 17.2. The first-order chi connectivity index (χ1) is 26.0. The lowest BCUT2D eigenvalue weighted by atomic mass is 9.33. The number of fused-ring (bicyclic) bond motifs is 7. The Morgan fingerprint density at radius 1 is 0.732 bits per heavy atom. The van der Waals surface area contributed by atoms with Gasteiger partial charge in [0.05, 0.1) is 30.8 Å². The number of aliphatic hydroxyl groups is 9. The van der Waals surface area contributed by atoms with E-state index >= 15 is 4.79 Å². The molecule has 0 radical (unpaired) electrons. The lowest BCUT2D eigenvalue weighted by Gasteiger charge is -2.71. The molecule has 0 spiro atoms. The number of carbonyl (C=O) groups excluding carboxylic acids is 1. The zero-order valence-corrected chi connectivity index (χ0v) is 34.1. The van der Waals surface area contributed by atoms with Crippen LogP contribution in [0.15, 0.2) is 11.6 Å². The molecule has 0 aromatic carbocycles. The molecule has 0 aromatic heterocycles. The molecule has 19 unspecified atom stereocenters. The summed E-state index contributed by atoms with van der Waals surface area (Å²) in [6, 6.07) is 0. The molecule has 2 aliphatic heterocycles. The molecule has 4 saturated carbocycles. The van der Waals surface area contributed by atoms with Gasteiger partial charge in [0, 0.05) is 0 Å². The summed E-state index contributed by atoms with van der Waals surface area (Å²) in [5.74, 6) is -0.253. The van der Waals surface area contributed by atoms with Gasteiger partial charge in [0.25, 0.3) is 0 Å². The largest absolute Gasteiger partial charge is 0.432 e. The van der Waals surface area contributed by atoms with Crippen LogP contribution in [0.5, 0.6) is 0 Å². The van der Waals surface area contributed by atoms with Crippen LogP contribution in [0.4, 0.5) is 0 Å². The van der Waals surface area contributed by atoms with Crippen molar-refractivity contribution in [1.82, 2.24) is 0 Å². The Morgan fingerprint density at radius 3 is 1.98 bits per heavy atom. The summed E-state index contributed by atoms with van der Waals surface area (Å²) in [4.78, 5) is 15.0. The molecule has 6 fully saturated rings. The van der Waals surface area contributed by atoms with E-state index in [4.69, 9.17) is 18.9 Å². The summed E-state index contributed by atoms with van der Waals surface area (Å²) in [6.45, 7) is 14.3.